The van der Waals surface area contributed by atoms with Crippen LogP contribution in [0.2, 0.25) is 0 Å². The van der Waals surface area contributed by atoms with E-state index in [-0.39, 0.29) is 5.00 Å². The first-order valence-corrected chi connectivity index (χ1v) is 11.1. The fourth-order valence-electron chi connectivity index (χ4n) is 4.86. The predicted octanol–water partition coefficient (Wildman–Crippen LogP) is 5.25. The van der Waals surface area contributed by atoms with Gasteiger partial charge in [-0.3, -0.25) is 4.90 Å². The molecule has 1 atom stereocenters. The zero-order valence-electron chi connectivity index (χ0n) is 16.8. The zero-order valence-corrected chi connectivity index (χ0v) is 17.6. The number of allylic oxidation sites excluding steroid dienone is 2. The van der Waals surface area contributed by atoms with E-state index in [1.54, 1.807) is 0 Å². The average molecular weight is 406 g/mol. The first-order chi connectivity index (χ1) is 14.2. The topological polar surface area (TPSA) is 11.4 Å². The van der Waals surface area contributed by atoms with Crippen LogP contribution in [0.1, 0.15) is 12.8 Å². The maximum absolute atomic E-state index is 6.85. The Hall–Kier alpha value is -2.07. The molecule has 0 spiro atoms. The van der Waals surface area contributed by atoms with Crippen LogP contribution in [-0.2, 0) is 6.54 Å². The molecule has 1 aliphatic heterocycles. The van der Waals surface area contributed by atoms with E-state index in [1.165, 1.54) is 21.8 Å². The van der Waals surface area contributed by atoms with Gasteiger partial charge < -0.3 is 9.47 Å². The highest BCUT2D eigenvalue weighted by molar-refractivity contribution is 6.25. The number of hydrogen-bond acceptors (Lipinski definition) is 2. The molecule has 0 amide bonds. The number of fused-ring (bicyclic) bond motifs is 3. The zero-order chi connectivity index (χ0) is 19.7. The van der Waals surface area contributed by atoms with Crippen LogP contribution in [0.3, 0.4) is 0 Å². The Morgan fingerprint density at radius 3 is 2.07 bits per heavy atom. The minimum absolute atomic E-state index is 0.316. The molecule has 0 radical (unpaired) electrons. The van der Waals surface area contributed by atoms with Gasteiger partial charge in [-0.15, -0.1) is 0 Å². The van der Waals surface area contributed by atoms with Gasteiger partial charge >= 0.3 is 0 Å². The number of piperazine rings is 1. The van der Waals surface area contributed by atoms with Gasteiger partial charge in [0, 0.05) is 61.0 Å². The average Bonchev–Trinajstić information content (AvgIpc) is 3.09. The van der Waals surface area contributed by atoms with E-state index in [0.717, 1.165) is 52.1 Å². The van der Waals surface area contributed by atoms with Crippen molar-refractivity contribution < 1.29 is 0 Å². The summed E-state index contributed by atoms with van der Waals surface area (Å²) in [5.74, 6) is 0. The minimum atomic E-state index is -0.316. The van der Waals surface area contributed by atoms with Gasteiger partial charge in [-0.05, 0) is 31.2 Å². The second-order valence-electron chi connectivity index (χ2n) is 8.18. The summed E-state index contributed by atoms with van der Waals surface area (Å²) in [6.07, 6.45) is 10.5. The lowest BCUT2D eigenvalue weighted by molar-refractivity contribution is 0.0951. The molecule has 1 aliphatic carbocycles. The molecular weight excluding hydrogens is 378 g/mol. The SMILES string of the molecule is ClC1(N2CCN(CCCn3c4ccccc4c4ccccc43)CC2)C=CC=CC1. The summed E-state index contributed by atoms with van der Waals surface area (Å²) in [6, 6.07) is 17.6. The molecule has 0 saturated carbocycles. The molecule has 5 rings (SSSR count). The number of aromatic nitrogens is 1. The Morgan fingerprint density at radius 2 is 1.45 bits per heavy atom. The monoisotopic (exact) mass is 405 g/mol. The molecule has 1 fully saturated rings. The molecular formula is C25H28ClN3. The third-order valence-electron chi connectivity index (χ3n) is 6.44. The third kappa shape index (κ3) is 3.63. The number of para-hydroxylation sites is 2. The smallest absolute Gasteiger partial charge is 0.118 e. The predicted molar refractivity (Wildman–Crippen MR) is 124 cm³/mol. The molecule has 2 aromatic carbocycles. The Balaban J connectivity index is 1.21. The highest BCUT2D eigenvalue weighted by atomic mass is 35.5. The van der Waals surface area contributed by atoms with Crippen molar-refractivity contribution in [2.75, 3.05) is 32.7 Å². The summed E-state index contributed by atoms with van der Waals surface area (Å²) in [7, 11) is 0. The number of halogens is 1. The maximum Gasteiger partial charge on any atom is 0.118 e. The lowest BCUT2D eigenvalue weighted by Gasteiger charge is -2.43. The van der Waals surface area contributed by atoms with E-state index < -0.39 is 0 Å². The summed E-state index contributed by atoms with van der Waals surface area (Å²) in [5, 5.41) is 2.72. The van der Waals surface area contributed by atoms with E-state index in [9.17, 15) is 0 Å². The number of benzene rings is 2. The Kier molecular flexibility index (Phi) is 5.21. The van der Waals surface area contributed by atoms with E-state index >= 15 is 0 Å². The molecule has 2 aliphatic rings. The van der Waals surface area contributed by atoms with Crippen molar-refractivity contribution in [3.63, 3.8) is 0 Å². The summed E-state index contributed by atoms with van der Waals surface area (Å²) < 4.78 is 2.49. The molecule has 4 heteroatoms. The molecule has 3 nitrogen and oxygen atoms in total. The lowest BCUT2D eigenvalue weighted by atomic mass is 10.1. The van der Waals surface area contributed by atoms with Crippen LogP contribution in [0, 0.1) is 0 Å². The fourth-order valence-corrected chi connectivity index (χ4v) is 5.19. The first kappa shape index (κ1) is 18.9. The molecule has 150 valence electrons. The molecule has 1 aromatic heterocycles. The molecule has 1 saturated heterocycles. The van der Waals surface area contributed by atoms with Crippen molar-refractivity contribution in [3.8, 4) is 0 Å². The molecule has 1 unspecified atom stereocenters. The van der Waals surface area contributed by atoms with Gasteiger partial charge in [0.15, 0.2) is 0 Å². The number of aryl methyl sites for hydroxylation is 1. The number of alkyl halides is 1. The standard InChI is InChI=1S/C25H28ClN3/c26-25(13-6-1-7-14-25)28-19-17-27(18-20-28)15-8-16-29-23-11-4-2-9-21(23)22-10-3-5-12-24(22)29/h1-7,9-13H,8,14-20H2. The number of nitrogens with zero attached hydrogens (tertiary/aromatic N) is 3. The second kappa shape index (κ2) is 7.98. The van der Waals surface area contributed by atoms with Crippen molar-refractivity contribution in [2.45, 2.75) is 24.4 Å². The molecule has 0 N–H and O–H groups in total. The minimum Gasteiger partial charge on any atom is -0.340 e. The van der Waals surface area contributed by atoms with Crippen LogP contribution >= 0.6 is 11.6 Å². The summed E-state index contributed by atoms with van der Waals surface area (Å²) >= 11 is 6.85. The first-order valence-electron chi connectivity index (χ1n) is 10.7. The van der Waals surface area contributed by atoms with Gasteiger partial charge in [-0.25, -0.2) is 0 Å². The Bertz CT molecular complexity index is 1010. The van der Waals surface area contributed by atoms with Crippen molar-refractivity contribution in [1.29, 1.82) is 0 Å². The quantitative estimate of drug-likeness (QED) is 0.424. The summed E-state index contributed by atoms with van der Waals surface area (Å²) in [4.78, 5) is 4.70. The van der Waals surface area contributed by atoms with Crippen molar-refractivity contribution in [3.05, 3.63) is 72.8 Å². The number of rotatable bonds is 5. The van der Waals surface area contributed by atoms with Gasteiger partial charge in [0.05, 0.1) is 0 Å². The molecule has 0 bridgehead atoms. The van der Waals surface area contributed by atoms with E-state index in [4.69, 9.17) is 11.6 Å². The van der Waals surface area contributed by atoms with E-state index in [2.05, 4.69) is 87.2 Å². The summed E-state index contributed by atoms with van der Waals surface area (Å²) in [6.45, 7) is 6.47. The lowest BCUT2D eigenvalue weighted by Crippen LogP contribution is -2.54. The van der Waals surface area contributed by atoms with Gasteiger partial charge in [-0.1, -0.05) is 66.2 Å². The molecule has 2 heterocycles. The highest BCUT2D eigenvalue weighted by Crippen LogP contribution is 2.31. The van der Waals surface area contributed by atoms with Crippen LogP contribution < -0.4 is 0 Å². The van der Waals surface area contributed by atoms with Crippen molar-refractivity contribution in [2.24, 2.45) is 0 Å². The van der Waals surface area contributed by atoms with Crippen LogP contribution in [0.15, 0.2) is 72.8 Å². The van der Waals surface area contributed by atoms with Crippen LogP contribution in [0.4, 0.5) is 0 Å². The van der Waals surface area contributed by atoms with E-state index in [1.807, 2.05) is 0 Å². The Labute approximate surface area is 177 Å². The van der Waals surface area contributed by atoms with Gasteiger partial charge in [0.2, 0.25) is 0 Å². The van der Waals surface area contributed by atoms with Gasteiger partial charge in [-0.2, -0.15) is 0 Å². The van der Waals surface area contributed by atoms with Crippen LogP contribution in [-0.4, -0.2) is 52.1 Å². The third-order valence-corrected chi connectivity index (χ3v) is 6.96. The van der Waals surface area contributed by atoms with Gasteiger partial charge in [0.1, 0.15) is 5.00 Å². The van der Waals surface area contributed by atoms with Crippen LogP contribution in [0.25, 0.3) is 21.8 Å². The number of hydrogen-bond donors (Lipinski definition) is 0. The van der Waals surface area contributed by atoms with Gasteiger partial charge in [0.25, 0.3) is 0 Å². The maximum atomic E-state index is 6.85. The largest absolute Gasteiger partial charge is 0.340 e. The molecule has 29 heavy (non-hydrogen) atoms. The van der Waals surface area contributed by atoms with Crippen molar-refractivity contribution >= 4 is 33.4 Å². The normalized spacial score (nSPS) is 23.3. The van der Waals surface area contributed by atoms with E-state index in [0.29, 0.717) is 0 Å². The summed E-state index contributed by atoms with van der Waals surface area (Å²) in [5.41, 5.74) is 2.69. The molecule has 3 aromatic rings. The highest BCUT2D eigenvalue weighted by Gasteiger charge is 2.33. The fraction of sp³-hybridized carbons (Fsp3) is 0.360. The van der Waals surface area contributed by atoms with Crippen molar-refractivity contribution in [1.82, 2.24) is 14.4 Å². The van der Waals surface area contributed by atoms with Crippen LogP contribution in [0.5, 0.6) is 0 Å². The second-order valence-corrected chi connectivity index (χ2v) is 8.83. The Morgan fingerprint density at radius 1 is 0.793 bits per heavy atom.